The predicted molar refractivity (Wildman–Crippen MR) is 90.7 cm³/mol. The molecule has 1 aromatic carbocycles. The summed E-state index contributed by atoms with van der Waals surface area (Å²) < 4.78 is 7.44. The lowest BCUT2D eigenvalue weighted by Crippen LogP contribution is -2.39. The lowest BCUT2D eigenvalue weighted by Gasteiger charge is -2.31. The van der Waals surface area contributed by atoms with Crippen molar-refractivity contribution in [1.82, 2.24) is 14.5 Å². The summed E-state index contributed by atoms with van der Waals surface area (Å²) in [7, 11) is 0. The van der Waals surface area contributed by atoms with Gasteiger partial charge in [0.15, 0.2) is 0 Å². The molecule has 0 saturated carbocycles. The minimum absolute atomic E-state index is 0.0649. The molecule has 1 saturated heterocycles. The second-order valence-electron chi connectivity index (χ2n) is 6.71. The highest BCUT2D eigenvalue weighted by molar-refractivity contribution is 5.92. The van der Waals surface area contributed by atoms with Gasteiger partial charge in [0.05, 0.1) is 6.61 Å². The molecule has 1 aromatic heterocycles. The molecule has 0 atom stereocenters. The lowest BCUT2D eigenvalue weighted by molar-refractivity contribution is 0.0684. The summed E-state index contributed by atoms with van der Waals surface area (Å²) in [6, 6.07) is 10.6. The minimum atomic E-state index is 0.0649. The Kier molecular flexibility index (Phi) is 4.34. The summed E-state index contributed by atoms with van der Waals surface area (Å²) >= 11 is 0. The van der Waals surface area contributed by atoms with E-state index in [2.05, 4.69) is 35.3 Å². The Morgan fingerprint density at radius 3 is 2.71 bits per heavy atom. The van der Waals surface area contributed by atoms with Crippen LogP contribution < -0.4 is 0 Å². The number of rotatable bonds is 3. The van der Waals surface area contributed by atoms with Crippen molar-refractivity contribution in [2.45, 2.75) is 32.4 Å². The first-order valence-corrected chi connectivity index (χ1v) is 8.76. The standard InChI is InChI=1S/C19H23N3O2/c23-19(17-13-22-10-11-24-14-18(22)20-17)21-8-6-16(7-9-21)12-15-4-2-1-3-5-15/h1-5,13,16H,6-12,14H2. The van der Waals surface area contributed by atoms with E-state index < -0.39 is 0 Å². The number of imidazole rings is 1. The first-order valence-electron chi connectivity index (χ1n) is 8.76. The van der Waals surface area contributed by atoms with Crippen molar-refractivity contribution < 1.29 is 9.53 Å². The minimum Gasteiger partial charge on any atom is -0.372 e. The Hall–Kier alpha value is -2.14. The van der Waals surface area contributed by atoms with Crippen molar-refractivity contribution >= 4 is 5.91 Å². The molecule has 0 bridgehead atoms. The van der Waals surface area contributed by atoms with Gasteiger partial charge in [0.2, 0.25) is 0 Å². The van der Waals surface area contributed by atoms with Crippen LogP contribution in [0.15, 0.2) is 36.5 Å². The molecule has 0 N–H and O–H groups in total. The van der Waals surface area contributed by atoms with Crippen LogP contribution in [0.25, 0.3) is 0 Å². The number of hydrogen-bond donors (Lipinski definition) is 0. The SMILES string of the molecule is O=C(c1cn2c(n1)COCC2)N1CCC(Cc2ccccc2)CC1. The van der Waals surface area contributed by atoms with Crippen molar-refractivity contribution in [3.8, 4) is 0 Å². The highest BCUT2D eigenvalue weighted by atomic mass is 16.5. The maximum atomic E-state index is 12.7. The van der Waals surface area contributed by atoms with Crippen LogP contribution in [0.4, 0.5) is 0 Å². The number of aromatic nitrogens is 2. The van der Waals surface area contributed by atoms with E-state index in [9.17, 15) is 4.79 Å². The van der Waals surface area contributed by atoms with Crippen LogP contribution in [0.5, 0.6) is 0 Å². The third-order valence-electron chi connectivity index (χ3n) is 5.05. The van der Waals surface area contributed by atoms with E-state index in [0.717, 1.165) is 44.7 Å². The predicted octanol–water partition coefficient (Wildman–Crippen LogP) is 2.51. The Bertz CT molecular complexity index is 679. The fourth-order valence-electron chi connectivity index (χ4n) is 3.64. The molecule has 1 fully saturated rings. The van der Waals surface area contributed by atoms with Gasteiger partial charge in [-0.3, -0.25) is 4.79 Å². The summed E-state index contributed by atoms with van der Waals surface area (Å²) in [5.41, 5.74) is 1.96. The van der Waals surface area contributed by atoms with Gasteiger partial charge in [-0.2, -0.15) is 0 Å². The van der Waals surface area contributed by atoms with Crippen LogP contribution in [0, 0.1) is 5.92 Å². The Balaban J connectivity index is 1.35. The fourth-order valence-corrected chi connectivity index (χ4v) is 3.64. The molecule has 0 spiro atoms. The number of fused-ring (bicyclic) bond motifs is 1. The highest BCUT2D eigenvalue weighted by Gasteiger charge is 2.26. The van der Waals surface area contributed by atoms with Crippen LogP contribution in [0.2, 0.25) is 0 Å². The molecule has 3 heterocycles. The molecule has 0 unspecified atom stereocenters. The molecule has 0 aliphatic carbocycles. The van der Waals surface area contributed by atoms with Gasteiger partial charge in [-0.05, 0) is 30.7 Å². The molecule has 5 heteroatoms. The normalized spacial score (nSPS) is 18.4. The quantitative estimate of drug-likeness (QED) is 0.871. The van der Waals surface area contributed by atoms with Gasteiger partial charge in [-0.15, -0.1) is 0 Å². The number of ether oxygens (including phenoxy) is 1. The molecule has 126 valence electrons. The van der Waals surface area contributed by atoms with Crippen LogP contribution in [-0.4, -0.2) is 40.1 Å². The van der Waals surface area contributed by atoms with Crippen LogP contribution in [-0.2, 0) is 24.3 Å². The van der Waals surface area contributed by atoms with Gasteiger partial charge in [0, 0.05) is 25.8 Å². The third-order valence-corrected chi connectivity index (χ3v) is 5.05. The summed E-state index contributed by atoms with van der Waals surface area (Å²) in [6.45, 7) is 3.65. The molecule has 2 aromatic rings. The summed E-state index contributed by atoms with van der Waals surface area (Å²) in [6.07, 6.45) is 5.13. The zero-order valence-electron chi connectivity index (χ0n) is 13.9. The van der Waals surface area contributed by atoms with E-state index in [1.54, 1.807) is 0 Å². The molecule has 2 aliphatic heterocycles. The van der Waals surface area contributed by atoms with Gasteiger partial charge >= 0.3 is 0 Å². The maximum absolute atomic E-state index is 12.7. The van der Waals surface area contributed by atoms with Crippen LogP contribution in [0.3, 0.4) is 0 Å². The number of benzene rings is 1. The number of piperidine rings is 1. The molecule has 24 heavy (non-hydrogen) atoms. The van der Waals surface area contributed by atoms with Gasteiger partial charge in [0.25, 0.3) is 5.91 Å². The van der Waals surface area contributed by atoms with E-state index in [4.69, 9.17) is 4.74 Å². The van der Waals surface area contributed by atoms with Gasteiger partial charge in [-0.1, -0.05) is 30.3 Å². The van der Waals surface area contributed by atoms with Crippen molar-refractivity contribution in [3.05, 3.63) is 53.6 Å². The monoisotopic (exact) mass is 325 g/mol. The Labute approximate surface area is 142 Å². The molecule has 1 amide bonds. The Morgan fingerprint density at radius 1 is 1.17 bits per heavy atom. The largest absolute Gasteiger partial charge is 0.372 e. The number of likely N-dealkylation sites (tertiary alicyclic amines) is 1. The van der Waals surface area contributed by atoms with E-state index in [1.165, 1.54) is 5.56 Å². The van der Waals surface area contributed by atoms with Crippen molar-refractivity contribution in [2.75, 3.05) is 19.7 Å². The molecule has 5 nitrogen and oxygen atoms in total. The summed E-state index contributed by atoms with van der Waals surface area (Å²) in [5, 5.41) is 0. The molecular formula is C19H23N3O2. The second-order valence-corrected chi connectivity index (χ2v) is 6.71. The Morgan fingerprint density at radius 2 is 1.96 bits per heavy atom. The topological polar surface area (TPSA) is 47.4 Å². The van der Waals surface area contributed by atoms with Gasteiger partial charge in [-0.25, -0.2) is 4.98 Å². The molecule has 2 aliphatic rings. The van der Waals surface area contributed by atoms with Crippen LogP contribution in [0.1, 0.15) is 34.7 Å². The molecule has 0 radical (unpaired) electrons. The fraction of sp³-hybridized carbons (Fsp3) is 0.474. The lowest BCUT2D eigenvalue weighted by atomic mass is 9.90. The molecular weight excluding hydrogens is 302 g/mol. The van der Waals surface area contributed by atoms with E-state index in [-0.39, 0.29) is 5.91 Å². The summed E-state index contributed by atoms with van der Waals surface area (Å²) in [5.74, 6) is 1.60. The first-order chi connectivity index (χ1) is 11.8. The smallest absolute Gasteiger partial charge is 0.274 e. The number of nitrogens with zero attached hydrogens (tertiary/aromatic N) is 3. The van der Waals surface area contributed by atoms with Crippen LogP contribution >= 0.6 is 0 Å². The average molecular weight is 325 g/mol. The second kappa shape index (κ2) is 6.77. The zero-order chi connectivity index (χ0) is 16.4. The highest BCUT2D eigenvalue weighted by Crippen LogP contribution is 2.23. The van der Waals surface area contributed by atoms with Gasteiger partial charge in [0.1, 0.15) is 18.1 Å². The number of hydrogen-bond acceptors (Lipinski definition) is 3. The van der Waals surface area contributed by atoms with E-state index in [1.807, 2.05) is 15.7 Å². The first kappa shape index (κ1) is 15.4. The van der Waals surface area contributed by atoms with Crippen molar-refractivity contribution in [2.24, 2.45) is 5.92 Å². The third kappa shape index (κ3) is 3.22. The average Bonchev–Trinajstić information content (AvgIpc) is 3.07. The van der Waals surface area contributed by atoms with Gasteiger partial charge < -0.3 is 14.2 Å². The number of amides is 1. The zero-order valence-corrected chi connectivity index (χ0v) is 13.9. The van der Waals surface area contributed by atoms with E-state index >= 15 is 0 Å². The van der Waals surface area contributed by atoms with E-state index in [0.29, 0.717) is 24.8 Å². The number of carbonyl (C=O) groups is 1. The number of carbonyl (C=O) groups excluding carboxylic acids is 1. The summed E-state index contributed by atoms with van der Waals surface area (Å²) in [4.78, 5) is 19.1. The maximum Gasteiger partial charge on any atom is 0.274 e. The molecule has 4 rings (SSSR count). The van der Waals surface area contributed by atoms with Crippen molar-refractivity contribution in [3.63, 3.8) is 0 Å². The van der Waals surface area contributed by atoms with Crippen molar-refractivity contribution in [1.29, 1.82) is 0 Å².